The highest BCUT2D eigenvalue weighted by Gasteiger charge is 2.57. The van der Waals surface area contributed by atoms with Crippen molar-refractivity contribution in [2.75, 3.05) is 26.7 Å². The molecule has 32 heteroatoms. The van der Waals surface area contributed by atoms with Crippen molar-refractivity contribution in [3.8, 4) is 0 Å². The first kappa shape index (κ1) is 65.2. The van der Waals surface area contributed by atoms with Crippen LogP contribution in [-0.2, 0) is 56.0 Å². The van der Waals surface area contributed by atoms with E-state index in [9.17, 15) is 82.6 Å². The molecule has 6 amide bonds. The van der Waals surface area contributed by atoms with Crippen LogP contribution in [0.3, 0.4) is 0 Å². The average molecular weight is 1170 g/mol. The molecule has 1 aliphatic carbocycles. The Kier molecular flexibility index (Phi) is 21.4. The highest BCUT2D eigenvalue weighted by molar-refractivity contribution is 5.82. The molecule has 0 bridgehead atoms. The predicted molar refractivity (Wildman–Crippen MR) is 272 cm³/mol. The Balaban J connectivity index is 1.59. The summed E-state index contributed by atoms with van der Waals surface area (Å²) in [5.74, 6) is -5.71. The van der Waals surface area contributed by atoms with Crippen LogP contribution in [0, 0.1) is 26.1 Å². The quantitative estimate of drug-likeness (QED) is 0.0588. The van der Waals surface area contributed by atoms with Crippen molar-refractivity contribution in [3.63, 3.8) is 0 Å². The van der Waals surface area contributed by atoms with Gasteiger partial charge in [0.1, 0.15) is 60.2 Å². The minimum absolute atomic E-state index is 0.247. The zero-order chi connectivity index (χ0) is 61.2. The van der Waals surface area contributed by atoms with Crippen LogP contribution in [0.15, 0.2) is 60.4 Å². The van der Waals surface area contributed by atoms with E-state index >= 15 is 0 Å². The van der Waals surface area contributed by atoms with Crippen molar-refractivity contribution in [3.05, 3.63) is 91.7 Å². The molecule has 1 saturated heterocycles. The van der Waals surface area contributed by atoms with Gasteiger partial charge >= 0.3 is 36.5 Å². The van der Waals surface area contributed by atoms with Gasteiger partial charge in [0.05, 0.1) is 53.8 Å². The number of carbonyl (C=O) groups is 6. The van der Waals surface area contributed by atoms with Gasteiger partial charge in [-0.2, -0.15) is 13.2 Å². The van der Waals surface area contributed by atoms with Gasteiger partial charge < -0.3 is 85.1 Å². The Morgan fingerprint density at radius 2 is 1.30 bits per heavy atom. The molecule has 2 heterocycles. The average Bonchev–Trinajstić information content (AvgIpc) is 3.34. The number of nitro benzene ring substituents is 2. The number of amides is 6. The third-order valence-corrected chi connectivity index (χ3v) is 12.7. The fourth-order valence-corrected chi connectivity index (χ4v) is 9.02. The summed E-state index contributed by atoms with van der Waals surface area (Å²) in [6.45, 7) is 7.18. The van der Waals surface area contributed by atoms with E-state index in [0.29, 0.717) is 0 Å². The summed E-state index contributed by atoms with van der Waals surface area (Å²) in [5.41, 5.74) is -4.13. The van der Waals surface area contributed by atoms with Gasteiger partial charge in [0.15, 0.2) is 6.29 Å². The number of nitro groups is 2. The molecule has 3 aliphatic rings. The molecule has 82 heavy (non-hydrogen) atoms. The van der Waals surface area contributed by atoms with E-state index in [2.05, 4.69) is 21.3 Å². The summed E-state index contributed by atoms with van der Waals surface area (Å²) in [6.07, 6.45) is -21.6. The number of aliphatic hydroxyl groups is 4. The standard InChI is InChI=1S/C50H67F3N8O21/c1-47(2,3)81-43(67)55-21-33(62)40(65)56-32-19-31(58-45(69)77-23-26-11-15-28(16-12-26)61(74)75)34(35(63)38(32)80-41-36(64)39(49(7,71)24-78-41)59(8)46(70)82-48(4,5)6)37-30(18-17-29(79-37)20-54-42(66)50(51,52)53)57-44(68)76-22-25-9-13-27(14-10-25)60(72)73/h9-17,30-39,41,62-64,71H,18-24H2,1-8H3,(H,54,66)(H,55,67)(H,56,65)(H,57,68)(H,58,69)/t30-,31+,32-,33-,34?,35+,36-,37?,38+,39-,41-,49+/m1/s1. The molecular formula is C50H67F3N8O21. The van der Waals surface area contributed by atoms with Gasteiger partial charge in [-0.25, -0.2) is 19.2 Å². The Morgan fingerprint density at radius 1 is 0.780 bits per heavy atom. The predicted octanol–water partition coefficient (Wildman–Crippen LogP) is 2.58. The van der Waals surface area contributed by atoms with E-state index in [0.717, 1.165) is 29.2 Å². The molecule has 2 aliphatic heterocycles. The fraction of sp³-hybridized carbons (Fsp3) is 0.600. The SMILES string of the molecule is CN(C(=O)OC(C)(C)C)[C@@H]1[C@@H](O)[C@@H](O[C@H]2[C@H](NC(=O)[C@H](O)CNC(=O)OC(C)(C)C)C[C@H](NC(=O)OCc3ccc([N+](=O)[O-])cc3)C(C3OC(CNC(=O)C(F)(F)F)=CC[C@H]3NC(=O)OCc3ccc([N+](=O)[O-])cc3)[C@@H]2O)OC[C@]1(C)O. The summed E-state index contributed by atoms with van der Waals surface area (Å²) in [6, 6.07) is 3.50. The molecule has 0 aromatic heterocycles. The van der Waals surface area contributed by atoms with Crippen LogP contribution in [0.1, 0.15) is 72.4 Å². The first-order valence-corrected chi connectivity index (χ1v) is 25.3. The van der Waals surface area contributed by atoms with Gasteiger partial charge in [-0.05, 0) is 103 Å². The molecule has 0 spiro atoms. The van der Waals surface area contributed by atoms with Crippen LogP contribution >= 0.6 is 0 Å². The number of hydrogen-bond acceptors (Lipinski definition) is 21. The lowest BCUT2D eigenvalue weighted by molar-refractivity contribution is -0.385. The van der Waals surface area contributed by atoms with Crippen LogP contribution < -0.4 is 26.6 Å². The van der Waals surface area contributed by atoms with Crippen LogP contribution in [0.2, 0.25) is 0 Å². The number of alkyl carbamates (subject to hydrolysis) is 3. The maximum absolute atomic E-state index is 13.9. The molecule has 29 nitrogen and oxygen atoms in total. The monoisotopic (exact) mass is 1170 g/mol. The third kappa shape index (κ3) is 18.4. The number of likely N-dealkylation sites (N-methyl/N-ethyl adjacent to an activating group) is 1. The number of ether oxygens (including phenoxy) is 7. The fourth-order valence-electron chi connectivity index (χ4n) is 9.02. The lowest BCUT2D eigenvalue weighted by Gasteiger charge is -2.52. The number of non-ortho nitro benzene ring substituents is 2. The number of nitrogens with one attached hydrogen (secondary N) is 5. The molecule has 12 atom stereocenters. The molecule has 2 aromatic carbocycles. The number of aliphatic hydroxyl groups excluding tert-OH is 3. The first-order valence-electron chi connectivity index (χ1n) is 25.3. The number of hydrogen-bond donors (Lipinski definition) is 9. The lowest BCUT2D eigenvalue weighted by Crippen LogP contribution is -2.71. The second-order valence-electron chi connectivity index (χ2n) is 21.7. The molecule has 0 radical (unpaired) electrons. The molecule has 2 aromatic rings. The highest BCUT2D eigenvalue weighted by atomic mass is 19.4. The van der Waals surface area contributed by atoms with Crippen LogP contribution in [0.4, 0.5) is 43.7 Å². The van der Waals surface area contributed by atoms with E-state index < -0.39 is 175 Å². The van der Waals surface area contributed by atoms with Gasteiger partial charge in [0.25, 0.3) is 17.3 Å². The van der Waals surface area contributed by atoms with E-state index in [1.165, 1.54) is 44.3 Å². The number of rotatable bonds is 18. The van der Waals surface area contributed by atoms with Crippen LogP contribution in [-0.4, -0.2) is 182 Å². The maximum atomic E-state index is 13.9. The summed E-state index contributed by atoms with van der Waals surface area (Å²) in [4.78, 5) is 101. The van der Waals surface area contributed by atoms with E-state index in [-0.39, 0.29) is 34.7 Å². The number of nitrogens with zero attached hydrogens (tertiary/aromatic N) is 3. The molecular weight excluding hydrogens is 1110 g/mol. The summed E-state index contributed by atoms with van der Waals surface area (Å²) < 4.78 is 80.2. The zero-order valence-electron chi connectivity index (χ0n) is 45.7. The molecule has 2 unspecified atom stereocenters. The van der Waals surface area contributed by atoms with E-state index in [1.807, 2.05) is 0 Å². The third-order valence-electron chi connectivity index (χ3n) is 12.7. The van der Waals surface area contributed by atoms with Crippen molar-refractivity contribution in [2.45, 2.75) is 158 Å². The highest BCUT2D eigenvalue weighted by Crippen LogP contribution is 2.39. The van der Waals surface area contributed by atoms with Gasteiger partial charge in [0.2, 0.25) is 0 Å². The Morgan fingerprint density at radius 3 is 1.80 bits per heavy atom. The van der Waals surface area contributed by atoms with Gasteiger partial charge in [0, 0.05) is 43.3 Å². The zero-order valence-corrected chi connectivity index (χ0v) is 45.7. The van der Waals surface area contributed by atoms with Gasteiger partial charge in [-0.1, -0.05) is 0 Å². The van der Waals surface area contributed by atoms with Crippen molar-refractivity contribution in [1.82, 2.24) is 31.5 Å². The van der Waals surface area contributed by atoms with E-state index in [4.69, 9.17) is 33.2 Å². The number of halogens is 3. The molecule has 2 fully saturated rings. The molecule has 9 N–H and O–H groups in total. The Hall–Kier alpha value is -7.65. The van der Waals surface area contributed by atoms with Crippen LogP contribution in [0.25, 0.3) is 0 Å². The maximum Gasteiger partial charge on any atom is 0.471 e. The lowest BCUT2D eigenvalue weighted by atomic mass is 9.72. The molecule has 5 rings (SSSR count). The second kappa shape index (κ2) is 27.0. The van der Waals surface area contributed by atoms with Crippen molar-refractivity contribution < 1.29 is 105 Å². The van der Waals surface area contributed by atoms with Crippen molar-refractivity contribution in [2.24, 2.45) is 5.92 Å². The van der Waals surface area contributed by atoms with Crippen molar-refractivity contribution in [1.29, 1.82) is 0 Å². The number of alkyl halides is 3. The first-order chi connectivity index (χ1) is 38.0. The minimum Gasteiger partial charge on any atom is -0.491 e. The summed E-state index contributed by atoms with van der Waals surface area (Å²) in [7, 11) is 1.20. The Bertz CT molecular complexity index is 2650. The number of benzene rings is 2. The largest absolute Gasteiger partial charge is 0.491 e. The smallest absolute Gasteiger partial charge is 0.471 e. The van der Waals surface area contributed by atoms with Gasteiger partial charge in [-0.15, -0.1) is 0 Å². The molecule has 1 saturated carbocycles. The molecule has 454 valence electrons. The van der Waals surface area contributed by atoms with E-state index in [1.54, 1.807) is 46.9 Å². The number of carbonyl (C=O) groups excluding carboxylic acids is 6. The second-order valence-corrected chi connectivity index (χ2v) is 21.7. The van der Waals surface area contributed by atoms with Crippen molar-refractivity contribution >= 4 is 47.6 Å². The topological polar surface area (TPSA) is 398 Å². The normalized spacial score (nSPS) is 26.0. The van der Waals surface area contributed by atoms with Crippen LogP contribution in [0.5, 0.6) is 0 Å². The Labute approximate surface area is 466 Å². The minimum atomic E-state index is -5.36. The summed E-state index contributed by atoms with van der Waals surface area (Å²) in [5, 5.41) is 81.4. The summed E-state index contributed by atoms with van der Waals surface area (Å²) >= 11 is 0. The van der Waals surface area contributed by atoms with Gasteiger partial charge in [-0.3, -0.25) is 29.8 Å².